The second-order valence-corrected chi connectivity index (χ2v) is 3.04. The molecule has 0 amide bonds. The average Bonchev–Trinajstić information content (AvgIpc) is 1.57. The summed E-state index contributed by atoms with van der Waals surface area (Å²) in [5.41, 5.74) is 0. The van der Waals surface area contributed by atoms with Gasteiger partial charge in [-0.1, -0.05) is 0 Å². The molecule has 0 aromatic rings. The van der Waals surface area contributed by atoms with Crippen LogP contribution in [0, 0.1) is 5.92 Å². The highest BCUT2D eigenvalue weighted by molar-refractivity contribution is 4.80. The Morgan fingerprint density at radius 3 is 2.56 bits per heavy atom. The van der Waals surface area contributed by atoms with Gasteiger partial charge in [0, 0.05) is 6.61 Å². The zero-order chi connectivity index (χ0) is 6.10. The monoisotopic (exact) mass is 127 g/mol. The van der Waals surface area contributed by atoms with Gasteiger partial charge < -0.3 is 10.1 Å². The van der Waals surface area contributed by atoms with E-state index in [0.717, 1.165) is 12.5 Å². The quantitative estimate of drug-likeness (QED) is 0.579. The van der Waals surface area contributed by atoms with Gasteiger partial charge in [0.2, 0.25) is 0 Å². The lowest BCUT2D eigenvalue weighted by molar-refractivity contribution is -0.0660. The SMILES string of the molecule is C1CC(CC2CNC2)O1. The summed E-state index contributed by atoms with van der Waals surface area (Å²) in [6.45, 7) is 3.45. The van der Waals surface area contributed by atoms with Crippen LogP contribution >= 0.6 is 0 Å². The van der Waals surface area contributed by atoms with Gasteiger partial charge in [-0.2, -0.15) is 0 Å². The van der Waals surface area contributed by atoms with Gasteiger partial charge in [0.15, 0.2) is 0 Å². The van der Waals surface area contributed by atoms with Crippen LogP contribution in [-0.2, 0) is 4.74 Å². The van der Waals surface area contributed by atoms with E-state index in [-0.39, 0.29) is 0 Å². The van der Waals surface area contributed by atoms with Crippen molar-refractivity contribution in [3.8, 4) is 0 Å². The van der Waals surface area contributed by atoms with Crippen molar-refractivity contribution in [2.24, 2.45) is 5.92 Å². The van der Waals surface area contributed by atoms with E-state index in [4.69, 9.17) is 4.74 Å². The topological polar surface area (TPSA) is 21.3 Å². The van der Waals surface area contributed by atoms with E-state index >= 15 is 0 Å². The fraction of sp³-hybridized carbons (Fsp3) is 1.00. The minimum Gasteiger partial charge on any atom is -0.378 e. The van der Waals surface area contributed by atoms with Gasteiger partial charge in [-0.05, 0) is 31.8 Å². The molecule has 2 saturated heterocycles. The highest BCUT2D eigenvalue weighted by atomic mass is 16.5. The molecule has 0 spiro atoms. The summed E-state index contributed by atoms with van der Waals surface area (Å²) in [5.74, 6) is 0.926. The van der Waals surface area contributed by atoms with Gasteiger partial charge in [0.1, 0.15) is 0 Å². The molecule has 2 aliphatic heterocycles. The van der Waals surface area contributed by atoms with Gasteiger partial charge in [0.25, 0.3) is 0 Å². The van der Waals surface area contributed by atoms with Gasteiger partial charge in [-0.15, -0.1) is 0 Å². The molecule has 0 aromatic carbocycles. The minimum absolute atomic E-state index is 0.622. The summed E-state index contributed by atoms with van der Waals surface area (Å²) < 4.78 is 5.31. The molecule has 0 bridgehead atoms. The third-order valence-corrected chi connectivity index (χ3v) is 2.26. The molecule has 0 aliphatic carbocycles. The number of hydrogen-bond donors (Lipinski definition) is 1. The smallest absolute Gasteiger partial charge is 0.0600 e. The van der Waals surface area contributed by atoms with Crippen molar-refractivity contribution in [1.29, 1.82) is 0 Å². The molecule has 2 aliphatic rings. The molecule has 2 fully saturated rings. The third-order valence-electron chi connectivity index (χ3n) is 2.26. The third kappa shape index (κ3) is 1.10. The normalized spacial score (nSPS) is 35.3. The number of hydrogen-bond acceptors (Lipinski definition) is 2. The van der Waals surface area contributed by atoms with Crippen LogP contribution in [0.2, 0.25) is 0 Å². The molecule has 2 rings (SSSR count). The second-order valence-electron chi connectivity index (χ2n) is 3.04. The van der Waals surface area contributed by atoms with E-state index in [0.29, 0.717) is 6.10 Å². The summed E-state index contributed by atoms with van der Waals surface area (Å²) in [4.78, 5) is 0. The lowest BCUT2D eigenvalue weighted by atomic mass is 9.93. The van der Waals surface area contributed by atoms with Crippen molar-refractivity contribution in [3.63, 3.8) is 0 Å². The molecule has 0 saturated carbocycles. The van der Waals surface area contributed by atoms with Crippen LogP contribution in [0.1, 0.15) is 12.8 Å². The number of ether oxygens (including phenoxy) is 1. The van der Waals surface area contributed by atoms with Crippen LogP contribution in [0.5, 0.6) is 0 Å². The lowest BCUT2D eigenvalue weighted by Gasteiger charge is -2.34. The van der Waals surface area contributed by atoms with Crippen molar-refractivity contribution >= 4 is 0 Å². The van der Waals surface area contributed by atoms with Crippen molar-refractivity contribution in [1.82, 2.24) is 5.32 Å². The van der Waals surface area contributed by atoms with Crippen molar-refractivity contribution < 1.29 is 4.74 Å². The molecule has 2 heteroatoms. The minimum atomic E-state index is 0.622. The van der Waals surface area contributed by atoms with Crippen molar-refractivity contribution in [3.05, 3.63) is 0 Å². The van der Waals surface area contributed by atoms with Crippen LogP contribution in [-0.4, -0.2) is 25.8 Å². The molecule has 1 N–H and O–H groups in total. The van der Waals surface area contributed by atoms with E-state index < -0.39 is 0 Å². The summed E-state index contributed by atoms with van der Waals surface area (Å²) in [6.07, 6.45) is 3.22. The first-order valence-electron chi connectivity index (χ1n) is 3.77. The Kier molecular flexibility index (Phi) is 1.44. The zero-order valence-corrected chi connectivity index (χ0v) is 5.60. The Balaban J connectivity index is 1.64. The maximum absolute atomic E-state index is 5.31. The van der Waals surface area contributed by atoms with Crippen molar-refractivity contribution in [2.75, 3.05) is 19.7 Å². The van der Waals surface area contributed by atoms with Crippen LogP contribution < -0.4 is 5.32 Å². The van der Waals surface area contributed by atoms with E-state index in [1.54, 1.807) is 0 Å². The molecule has 52 valence electrons. The molecule has 9 heavy (non-hydrogen) atoms. The maximum Gasteiger partial charge on any atom is 0.0600 e. The van der Waals surface area contributed by atoms with Gasteiger partial charge in [-0.3, -0.25) is 0 Å². The molecular weight excluding hydrogens is 114 g/mol. The highest BCUT2D eigenvalue weighted by Gasteiger charge is 2.25. The van der Waals surface area contributed by atoms with Crippen LogP contribution in [0.25, 0.3) is 0 Å². The van der Waals surface area contributed by atoms with E-state index in [9.17, 15) is 0 Å². The number of rotatable bonds is 2. The maximum atomic E-state index is 5.31. The average molecular weight is 127 g/mol. The van der Waals surface area contributed by atoms with E-state index in [1.165, 1.54) is 25.9 Å². The summed E-state index contributed by atoms with van der Waals surface area (Å²) >= 11 is 0. The fourth-order valence-corrected chi connectivity index (χ4v) is 1.36. The van der Waals surface area contributed by atoms with Gasteiger partial charge in [-0.25, -0.2) is 0 Å². The predicted octanol–water partition coefficient (Wildman–Crippen LogP) is 0.385. The van der Waals surface area contributed by atoms with E-state index in [2.05, 4.69) is 5.32 Å². The molecule has 1 atom stereocenters. The van der Waals surface area contributed by atoms with Crippen LogP contribution in [0.3, 0.4) is 0 Å². The standard InChI is InChI=1S/C7H13NO/c1-2-9-7(1)3-6-4-8-5-6/h6-8H,1-5H2. The van der Waals surface area contributed by atoms with Crippen LogP contribution in [0.15, 0.2) is 0 Å². The largest absolute Gasteiger partial charge is 0.378 e. The van der Waals surface area contributed by atoms with Gasteiger partial charge >= 0.3 is 0 Å². The molecule has 0 radical (unpaired) electrons. The Bertz CT molecular complexity index is 85.1. The first-order valence-corrected chi connectivity index (χ1v) is 3.77. The van der Waals surface area contributed by atoms with Crippen molar-refractivity contribution in [2.45, 2.75) is 18.9 Å². The summed E-state index contributed by atoms with van der Waals surface area (Å²) in [7, 11) is 0. The molecule has 0 aromatic heterocycles. The molecule has 1 unspecified atom stereocenters. The second kappa shape index (κ2) is 2.27. The Labute approximate surface area is 55.6 Å². The summed E-state index contributed by atoms with van der Waals surface area (Å²) in [6, 6.07) is 0. The van der Waals surface area contributed by atoms with Crippen LogP contribution in [0.4, 0.5) is 0 Å². The summed E-state index contributed by atoms with van der Waals surface area (Å²) in [5, 5.41) is 3.26. The molecule has 2 nitrogen and oxygen atoms in total. The molecule has 2 heterocycles. The van der Waals surface area contributed by atoms with E-state index in [1.807, 2.05) is 0 Å². The Hall–Kier alpha value is -0.0800. The highest BCUT2D eigenvalue weighted by Crippen LogP contribution is 2.21. The zero-order valence-electron chi connectivity index (χ0n) is 5.60. The molecular formula is C7H13NO. The Morgan fingerprint density at radius 1 is 1.44 bits per heavy atom. The van der Waals surface area contributed by atoms with Gasteiger partial charge in [0.05, 0.1) is 6.10 Å². The first-order chi connectivity index (χ1) is 4.45. The number of nitrogens with one attached hydrogen (secondary N) is 1. The predicted molar refractivity (Wildman–Crippen MR) is 35.3 cm³/mol. The fourth-order valence-electron chi connectivity index (χ4n) is 1.36. The lowest BCUT2D eigenvalue weighted by Crippen LogP contribution is -2.45. The Morgan fingerprint density at radius 2 is 2.22 bits per heavy atom. The first kappa shape index (κ1) is 5.69.